The molecule has 0 amide bonds. The first-order valence-corrected chi connectivity index (χ1v) is 7.66. The minimum atomic E-state index is -0.214. The van der Waals surface area contributed by atoms with Crippen LogP contribution in [0.4, 0.5) is 0 Å². The number of halogens is 1. The van der Waals surface area contributed by atoms with E-state index in [0.717, 1.165) is 26.3 Å². The van der Waals surface area contributed by atoms with Gasteiger partial charge in [-0.2, -0.15) is 5.26 Å². The second-order valence-corrected chi connectivity index (χ2v) is 6.84. The maximum atomic E-state index is 9.42. The number of H-pyrrole nitrogens is 1. The second-order valence-electron chi connectivity index (χ2n) is 4.34. The van der Waals surface area contributed by atoms with Gasteiger partial charge in [0.15, 0.2) is 0 Å². The van der Waals surface area contributed by atoms with Crippen molar-refractivity contribution in [2.24, 2.45) is 5.73 Å². The van der Waals surface area contributed by atoms with Crippen molar-refractivity contribution in [2.75, 3.05) is 0 Å². The van der Waals surface area contributed by atoms with Crippen LogP contribution in [0.1, 0.15) is 29.0 Å². The predicted molar refractivity (Wildman–Crippen MR) is 79.3 cm³/mol. The number of allylic oxidation sites excluding steroid dienone is 1. The van der Waals surface area contributed by atoms with Gasteiger partial charge in [0, 0.05) is 10.6 Å². The minimum Gasteiger partial charge on any atom is -0.420 e. The molecule has 2 aromatic rings. The summed E-state index contributed by atoms with van der Waals surface area (Å²) >= 11 is 5.04. The van der Waals surface area contributed by atoms with E-state index in [1.165, 1.54) is 0 Å². The van der Waals surface area contributed by atoms with Crippen molar-refractivity contribution in [1.29, 1.82) is 5.26 Å². The van der Waals surface area contributed by atoms with Gasteiger partial charge in [0.05, 0.1) is 15.3 Å². The van der Waals surface area contributed by atoms with Gasteiger partial charge in [-0.05, 0) is 34.5 Å². The molecule has 3 heterocycles. The number of nitrogens with one attached hydrogen (secondary N) is 1. The first-order valence-electron chi connectivity index (χ1n) is 6.05. The summed E-state index contributed by atoms with van der Waals surface area (Å²) < 4.78 is 6.47. The van der Waals surface area contributed by atoms with E-state index < -0.39 is 0 Å². The predicted octanol–water partition coefficient (Wildman–Crippen LogP) is 3.01. The molecule has 0 aromatic carbocycles. The van der Waals surface area contributed by atoms with Crippen LogP contribution in [0.5, 0.6) is 5.88 Å². The average molecular weight is 351 g/mol. The van der Waals surface area contributed by atoms with Crippen LogP contribution in [0.15, 0.2) is 27.4 Å². The molecular formula is C13H11BrN4OS. The van der Waals surface area contributed by atoms with Crippen LogP contribution in [0.2, 0.25) is 0 Å². The molecule has 0 radical (unpaired) electrons. The fourth-order valence-corrected chi connectivity index (χ4v) is 3.89. The van der Waals surface area contributed by atoms with Gasteiger partial charge in [-0.15, -0.1) is 16.4 Å². The molecular weight excluding hydrogens is 340 g/mol. The van der Waals surface area contributed by atoms with Gasteiger partial charge < -0.3 is 10.5 Å². The number of nitrogens with two attached hydrogens (primary N) is 1. The number of ether oxygens (including phenoxy) is 1. The molecule has 1 aliphatic heterocycles. The van der Waals surface area contributed by atoms with E-state index in [0.29, 0.717) is 11.5 Å². The van der Waals surface area contributed by atoms with Crippen molar-refractivity contribution in [3.05, 3.63) is 43.5 Å². The highest BCUT2D eigenvalue weighted by molar-refractivity contribution is 9.11. The van der Waals surface area contributed by atoms with Crippen LogP contribution in [0.3, 0.4) is 0 Å². The molecule has 5 nitrogen and oxygen atoms in total. The van der Waals surface area contributed by atoms with E-state index in [1.54, 1.807) is 11.3 Å². The molecule has 0 aliphatic carbocycles. The van der Waals surface area contributed by atoms with E-state index in [2.05, 4.69) is 32.2 Å². The molecule has 3 N–H and O–H groups in total. The van der Waals surface area contributed by atoms with Crippen LogP contribution < -0.4 is 10.5 Å². The molecule has 2 aromatic heterocycles. The first kappa shape index (κ1) is 13.2. The Hall–Kier alpha value is -1.78. The van der Waals surface area contributed by atoms with Crippen LogP contribution in [-0.4, -0.2) is 10.2 Å². The second kappa shape index (κ2) is 4.96. The largest absolute Gasteiger partial charge is 0.420 e. The van der Waals surface area contributed by atoms with Gasteiger partial charge in [0.25, 0.3) is 0 Å². The SMILES string of the molecule is CCc1[nH]nc2c1[C@@H](c1ccc(Br)s1)C(C#N)=C(N)O2. The van der Waals surface area contributed by atoms with E-state index in [9.17, 15) is 5.26 Å². The molecule has 0 unspecified atom stereocenters. The number of aryl methyl sites for hydroxylation is 1. The van der Waals surface area contributed by atoms with Crippen molar-refractivity contribution in [2.45, 2.75) is 19.3 Å². The third-order valence-corrected chi connectivity index (χ3v) is 4.94. The zero-order chi connectivity index (χ0) is 14.3. The van der Waals surface area contributed by atoms with Gasteiger partial charge in [-0.3, -0.25) is 5.10 Å². The molecule has 0 saturated heterocycles. The topological polar surface area (TPSA) is 87.7 Å². The monoisotopic (exact) mass is 350 g/mol. The summed E-state index contributed by atoms with van der Waals surface area (Å²) in [6.07, 6.45) is 0.785. The highest BCUT2D eigenvalue weighted by Gasteiger charge is 2.35. The van der Waals surface area contributed by atoms with Crippen molar-refractivity contribution >= 4 is 27.3 Å². The van der Waals surface area contributed by atoms with Crippen molar-refractivity contribution < 1.29 is 4.74 Å². The highest BCUT2D eigenvalue weighted by Crippen LogP contribution is 2.45. The number of aromatic nitrogens is 2. The number of aromatic amines is 1. The minimum absolute atomic E-state index is 0.128. The van der Waals surface area contributed by atoms with Gasteiger partial charge in [0.1, 0.15) is 11.6 Å². The normalized spacial score (nSPS) is 17.6. The number of fused-ring (bicyclic) bond motifs is 1. The van der Waals surface area contributed by atoms with E-state index in [4.69, 9.17) is 10.5 Å². The van der Waals surface area contributed by atoms with Gasteiger partial charge >= 0.3 is 0 Å². The Kier molecular flexibility index (Phi) is 3.28. The van der Waals surface area contributed by atoms with Crippen LogP contribution in [-0.2, 0) is 6.42 Å². The number of hydrogen-bond acceptors (Lipinski definition) is 5. The molecule has 1 aliphatic rings. The summed E-state index contributed by atoms with van der Waals surface area (Å²) in [5, 5.41) is 16.5. The number of nitriles is 1. The molecule has 3 rings (SSSR count). The van der Waals surface area contributed by atoms with E-state index >= 15 is 0 Å². The molecule has 0 bridgehead atoms. The maximum Gasteiger partial charge on any atom is 0.244 e. The summed E-state index contributed by atoms with van der Waals surface area (Å²) in [7, 11) is 0. The number of hydrogen-bond donors (Lipinski definition) is 2. The van der Waals surface area contributed by atoms with Gasteiger partial charge in [-0.1, -0.05) is 6.92 Å². The first-order chi connectivity index (χ1) is 9.65. The number of nitrogens with zero attached hydrogens (tertiary/aromatic N) is 2. The van der Waals surface area contributed by atoms with Crippen molar-refractivity contribution in [3.8, 4) is 11.9 Å². The Morgan fingerprint density at radius 2 is 2.40 bits per heavy atom. The van der Waals surface area contributed by atoms with Crippen LogP contribution in [0.25, 0.3) is 0 Å². The molecule has 20 heavy (non-hydrogen) atoms. The number of thiophene rings is 1. The molecule has 0 saturated carbocycles. The highest BCUT2D eigenvalue weighted by atomic mass is 79.9. The van der Waals surface area contributed by atoms with Crippen LogP contribution >= 0.6 is 27.3 Å². The quantitative estimate of drug-likeness (QED) is 0.871. The smallest absolute Gasteiger partial charge is 0.244 e. The third-order valence-electron chi connectivity index (χ3n) is 3.25. The maximum absolute atomic E-state index is 9.42. The zero-order valence-corrected chi connectivity index (χ0v) is 13.0. The third kappa shape index (κ3) is 1.92. The average Bonchev–Trinajstić information content (AvgIpc) is 3.03. The summed E-state index contributed by atoms with van der Waals surface area (Å²) in [5.74, 6) is 0.380. The standard InChI is InChI=1S/C13H11BrN4OS/c1-2-7-11-10(8-3-4-9(14)20-8)6(5-15)12(16)19-13(11)18-17-7/h3-4,10H,2,16H2,1H3,(H,17,18)/t10-/m1/s1. The van der Waals surface area contributed by atoms with Gasteiger partial charge in [-0.25, -0.2) is 0 Å². The molecule has 102 valence electrons. The molecule has 0 spiro atoms. The summed E-state index contributed by atoms with van der Waals surface area (Å²) in [6, 6.07) is 6.13. The van der Waals surface area contributed by atoms with Crippen molar-refractivity contribution in [3.63, 3.8) is 0 Å². The number of rotatable bonds is 2. The van der Waals surface area contributed by atoms with E-state index in [-0.39, 0.29) is 11.8 Å². The lowest BCUT2D eigenvalue weighted by molar-refractivity contribution is 0.379. The lowest BCUT2D eigenvalue weighted by Gasteiger charge is -2.22. The molecule has 7 heteroatoms. The lowest BCUT2D eigenvalue weighted by atomic mass is 9.88. The Balaban J connectivity index is 2.23. The molecule has 0 fully saturated rings. The lowest BCUT2D eigenvalue weighted by Crippen LogP contribution is -2.20. The summed E-state index contributed by atoms with van der Waals surface area (Å²) in [6.45, 7) is 2.03. The van der Waals surface area contributed by atoms with Crippen molar-refractivity contribution in [1.82, 2.24) is 10.2 Å². The Labute approximate surface area is 128 Å². The Morgan fingerprint density at radius 3 is 3.00 bits per heavy atom. The van der Waals surface area contributed by atoms with Gasteiger partial charge in [0.2, 0.25) is 11.8 Å². The fourth-order valence-electron chi connectivity index (χ4n) is 2.35. The van der Waals surface area contributed by atoms with E-state index in [1.807, 2.05) is 19.1 Å². The summed E-state index contributed by atoms with van der Waals surface area (Å²) in [5.41, 5.74) is 8.17. The Morgan fingerprint density at radius 1 is 1.60 bits per heavy atom. The fraction of sp³-hybridized carbons (Fsp3) is 0.231. The zero-order valence-electron chi connectivity index (χ0n) is 10.6. The van der Waals surface area contributed by atoms with Crippen LogP contribution in [0, 0.1) is 11.3 Å². The molecule has 1 atom stereocenters. The Bertz CT molecular complexity index is 740. The summed E-state index contributed by atoms with van der Waals surface area (Å²) in [4.78, 5) is 1.04.